The summed E-state index contributed by atoms with van der Waals surface area (Å²) in [7, 11) is 3.93. The molecule has 132 valence electrons. The minimum atomic E-state index is 0. The molecule has 0 amide bonds. The second-order valence-corrected chi connectivity index (χ2v) is 5.98. The van der Waals surface area contributed by atoms with Crippen molar-refractivity contribution in [1.82, 2.24) is 4.90 Å². The largest absolute Gasteiger partial charge is 2.00 e. The summed E-state index contributed by atoms with van der Waals surface area (Å²) in [6.07, 6.45) is 18.6. The van der Waals surface area contributed by atoms with E-state index < -0.39 is 0 Å². The van der Waals surface area contributed by atoms with E-state index in [1.54, 1.807) is 7.11 Å². The monoisotopic (exact) mass is 377 g/mol. The summed E-state index contributed by atoms with van der Waals surface area (Å²) in [6, 6.07) is 10.7. The molecule has 2 nitrogen and oxygen atoms in total. The summed E-state index contributed by atoms with van der Waals surface area (Å²) < 4.78 is 5.70. The Morgan fingerprint density at radius 3 is 1.88 bits per heavy atom. The molecule has 0 aliphatic heterocycles. The van der Waals surface area contributed by atoms with Crippen LogP contribution in [0.1, 0.15) is 18.6 Å². The van der Waals surface area contributed by atoms with Gasteiger partial charge in [-0.1, -0.05) is 30.3 Å². The number of rotatable bonds is 6. The van der Waals surface area contributed by atoms with Crippen molar-refractivity contribution in [2.24, 2.45) is 0 Å². The first-order valence-corrected chi connectivity index (χ1v) is 8.37. The molecular weight excluding hydrogens is 350 g/mol. The van der Waals surface area contributed by atoms with Gasteiger partial charge in [0.15, 0.2) is 0 Å². The van der Waals surface area contributed by atoms with Crippen LogP contribution in [0.25, 0.3) is 0 Å². The maximum absolute atomic E-state index is 5.70. The molecule has 0 bridgehead atoms. The van der Waals surface area contributed by atoms with Crippen LogP contribution in [0.5, 0.6) is 0 Å². The van der Waals surface area contributed by atoms with Crippen molar-refractivity contribution in [3.05, 3.63) is 99.6 Å². The van der Waals surface area contributed by atoms with Gasteiger partial charge < -0.3 is 9.64 Å². The van der Waals surface area contributed by atoms with Gasteiger partial charge in [0.2, 0.25) is 0 Å². The molecule has 25 heavy (non-hydrogen) atoms. The number of methoxy groups -OCH3 is 1. The minimum absolute atomic E-state index is 0. The normalized spacial score (nSPS) is 19.8. The Morgan fingerprint density at radius 1 is 0.880 bits per heavy atom. The Hall–Kier alpha value is -0.341. The van der Waals surface area contributed by atoms with E-state index in [0.717, 1.165) is 6.54 Å². The van der Waals surface area contributed by atoms with Crippen molar-refractivity contribution in [3.8, 4) is 0 Å². The van der Waals surface area contributed by atoms with Gasteiger partial charge in [-0.25, -0.2) is 0 Å². The predicted octanol–water partition coefficient (Wildman–Crippen LogP) is 4.12. The van der Waals surface area contributed by atoms with E-state index in [4.69, 9.17) is 4.74 Å². The summed E-state index contributed by atoms with van der Waals surface area (Å²) >= 11 is 0. The summed E-state index contributed by atoms with van der Waals surface area (Å²) in [4.78, 5) is 2.33. The molecule has 2 aliphatic carbocycles. The fourth-order valence-corrected chi connectivity index (χ4v) is 2.76. The maximum atomic E-state index is 5.70. The Bertz CT molecular complexity index is 421. The molecule has 1 aromatic rings. The summed E-state index contributed by atoms with van der Waals surface area (Å²) in [5.41, 5.74) is 1.23. The molecule has 0 heterocycles. The average molecular weight is 377 g/mol. The standard InChI is InChI=1S/C17H22NO.C5H5.Fe/c1-14(18(2)13-15-9-7-8-10-15)17(19-3)16-11-5-4-6-12-16;1-2-4-5-3-1;/h4-12,14,17H,13H2,1-3H3;1-5H;/q;;+2/t14-,17+;;/m0../s1. The van der Waals surface area contributed by atoms with Crippen LogP contribution in [-0.4, -0.2) is 31.6 Å². The zero-order chi connectivity index (χ0) is 17.2. The Labute approximate surface area is 166 Å². The minimum Gasteiger partial charge on any atom is -0.375 e. The SMILES string of the molecule is CO[C@@H](c1ccccc1)[C@H](C)N(C)C[C]1[CH][CH][CH][CH]1.[CH]1[CH][CH][CH][CH]1.[Fe+2]. The second-order valence-electron chi connectivity index (χ2n) is 5.98. The molecule has 0 aromatic heterocycles. The van der Waals surface area contributed by atoms with Gasteiger partial charge >= 0.3 is 17.1 Å². The van der Waals surface area contributed by atoms with E-state index in [1.807, 2.05) is 38.2 Å². The van der Waals surface area contributed by atoms with E-state index in [9.17, 15) is 0 Å². The molecule has 1 aromatic carbocycles. The number of hydrogen-bond acceptors (Lipinski definition) is 2. The van der Waals surface area contributed by atoms with E-state index in [1.165, 1.54) is 11.5 Å². The van der Waals surface area contributed by atoms with Crippen molar-refractivity contribution in [2.45, 2.75) is 19.1 Å². The van der Waals surface area contributed by atoms with Gasteiger partial charge in [-0.3, -0.25) is 0 Å². The molecule has 0 spiro atoms. The number of ether oxygens (including phenoxy) is 1. The molecule has 3 rings (SSSR count). The van der Waals surface area contributed by atoms with Crippen molar-refractivity contribution in [2.75, 3.05) is 20.7 Å². The Morgan fingerprint density at radius 2 is 1.40 bits per heavy atom. The summed E-state index contributed by atoms with van der Waals surface area (Å²) in [5, 5.41) is 0. The van der Waals surface area contributed by atoms with Gasteiger partial charge in [0.25, 0.3) is 0 Å². The van der Waals surface area contributed by atoms with E-state index in [0.29, 0.717) is 6.04 Å². The molecule has 3 heteroatoms. The molecule has 0 saturated heterocycles. The fourth-order valence-electron chi connectivity index (χ4n) is 2.76. The first-order chi connectivity index (χ1) is 11.7. The number of hydrogen-bond donors (Lipinski definition) is 0. The first-order valence-electron chi connectivity index (χ1n) is 8.37. The third kappa shape index (κ3) is 7.83. The number of likely N-dealkylation sites (N-methyl/N-ethyl adjacent to an activating group) is 1. The topological polar surface area (TPSA) is 12.5 Å². The van der Waals surface area contributed by atoms with Crippen molar-refractivity contribution < 1.29 is 21.8 Å². The molecule has 2 aliphatic rings. The summed E-state index contributed by atoms with van der Waals surface area (Å²) in [5.74, 6) is 1.34. The van der Waals surface area contributed by atoms with Gasteiger partial charge in [-0.2, -0.15) is 0 Å². The molecule has 0 unspecified atom stereocenters. The van der Waals surface area contributed by atoms with Crippen LogP contribution in [0.2, 0.25) is 0 Å². The third-order valence-electron chi connectivity index (χ3n) is 4.23. The van der Waals surface area contributed by atoms with Crippen LogP contribution in [0.15, 0.2) is 30.3 Å². The summed E-state index contributed by atoms with van der Waals surface area (Å²) in [6.45, 7) is 3.16. The molecule has 2 saturated carbocycles. The van der Waals surface area contributed by atoms with E-state index in [-0.39, 0.29) is 23.2 Å². The van der Waals surface area contributed by atoms with Gasteiger partial charge in [-0.15, -0.1) is 0 Å². The molecule has 0 N–H and O–H groups in total. The van der Waals surface area contributed by atoms with Gasteiger partial charge in [0, 0.05) is 19.7 Å². The zero-order valence-corrected chi connectivity index (χ0v) is 16.3. The van der Waals surface area contributed by atoms with E-state index in [2.05, 4.69) is 68.8 Å². The second kappa shape index (κ2) is 12.9. The van der Waals surface area contributed by atoms with Crippen LogP contribution in [0, 0.1) is 63.7 Å². The van der Waals surface area contributed by atoms with Gasteiger partial charge in [-0.05, 0) is 83.2 Å². The smallest absolute Gasteiger partial charge is 0.375 e. The van der Waals surface area contributed by atoms with Crippen LogP contribution < -0.4 is 0 Å². The molecule has 10 radical (unpaired) electrons. The van der Waals surface area contributed by atoms with Crippen molar-refractivity contribution in [3.63, 3.8) is 0 Å². The predicted molar refractivity (Wildman–Crippen MR) is 100 cm³/mol. The zero-order valence-electron chi connectivity index (χ0n) is 15.2. The van der Waals surface area contributed by atoms with Crippen LogP contribution in [0.4, 0.5) is 0 Å². The van der Waals surface area contributed by atoms with Crippen molar-refractivity contribution in [1.29, 1.82) is 0 Å². The Kier molecular flexibility index (Phi) is 11.7. The van der Waals surface area contributed by atoms with Crippen LogP contribution >= 0.6 is 0 Å². The van der Waals surface area contributed by atoms with Gasteiger partial charge in [0.1, 0.15) is 0 Å². The molecule has 2 atom stereocenters. The quantitative estimate of drug-likeness (QED) is 0.692. The Balaban J connectivity index is 0.000000448. The molecule has 2 fully saturated rings. The third-order valence-corrected chi connectivity index (χ3v) is 4.23. The van der Waals surface area contributed by atoms with E-state index >= 15 is 0 Å². The van der Waals surface area contributed by atoms with Crippen LogP contribution in [-0.2, 0) is 21.8 Å². The number of benzene rings is 1. The number of nitrogens with zero attached hydrogens (tertiary/aromatic N) is 1. The average Bonchev–Trinajstić information content (AvgIpc) is 3.33. The maximum Gasteiger partial charge on any atom is 2.00 e. The van der Waals surface area contributed by atoms with Crippen molar-refractivity contribution >= 4 is 0 Å². The van der Waals surface area contributed by atoms with Crippen LogP contribution in [0.3, 0.4) is 0 Å². The van der Waals surface area contributed by atoms with Gasteiger partial charge in [0.05, 0.1) is 6.10 Å². The first kappa shape index (κ1) is 22.7. The molecular formula is C22H27FeNO+2. The fraction of sp³-hybridized carbons (Fsp3) is 0.273.